The van der Waals surface area contributed by atoms with Crippen LogP contribution in [0.4, 0.5) is 0 Å². The summed E-state index contributed by atoms with van der Waals surface area (Å²) in [6, 6.07) is 19.2. The fourth-order valence-electron chi connectivity index (χ4n) is 5.75. The van der Waals surface area contributed by atoms with Gasteiger partial charge in [-0.2, -0.15) is 5.10 Å². The van der Waals surface area contributed by atoms with Crippen molar-refractivity contribution < 1.29 is 19.1 Å². The summed E-state index contributed by atoms with van der Waals surface area (Å²) in [7, 11) is 1.70. The van der Waals surface area contributed by atoms with Crippen molar-refractivity contribution in [1.82, 2.24) is 20.0 Å². The van der Waals surface area contributed by atoms with Gasteiger partial charge in [0.15, 0.2) is 6.61 Å². The van der Waals surface area contributed by atoms with E-state index >= 15 is 0 Å². The van der Waals surface area contributed by atoms with E-state index in [-0.39, 0.29) is 42.5 Å². The lowest BCUT2D eigenvalue weighted by atomic mass is 9.72. The van der Waals surface area contributed by atoms with Gasteiger partial charge in [0, 0.05) is 31.8 Å². The normalized spacial score (nSPS) is 20.2. The van der Waals surface area contributed by atoms with Gasteiger partial charge in [0.05, 0.1) is 17.8 Å². The average molecular weight is 489 g/mol. The van der Waals surface area contributed by atoms with Crippen LogP contribution in [0.5, 0.6) is 5.75 Å². The molecule has 8 heteroatoms. The quantitative estimate of drug-likeness (QED) is 0.553. The highest BCUT2D eigenvalue weighted by molar-refractivity contribution is 5.79. The van der Waals surface area contributed by atoms with Crippen molar-refractivity contribution in [3.63, 3.8) is 0 Å². The van der Waals surface area contributed by atoms with Gasteiger partial charge in [-0.05, 0) is 49.1 Å². The van der Waals surface area contributed by atoms with Gasteiger partial charge in [-0.25, -0.2) is 0 Å². The van der Waals surface area contributed by atoms with E-state index in [9.17, 15) is 9.59 Å². The summed E-state index contributed by atoms with van der Waals surface area (Å²) in [5.74, 6) is 0.526. The number of hydrogen-bond donors (Lipinski definition) is 1. The first-order chi connectivity index (χ1) is 17.5. The van der Waals surface area contributed by atoms with Gasteiger partial charge in [0.2, 0.25) is 5.91 Å². The lowest BCUT2D eigenvalue weighted by molar-refractivity contribution is -0.134. The Morgan fingerprint density at radius 1 is 1.06 bits per heavy atom. The number of aryl methyl sites for hydroxylation is 1. The second kappa shape index (κ2) is 10.1. The van der Waals surface area contributed by atoms with Crippen molar-refractivity contribution in [2.45, 2.75) is 43.9 Å². The third-order valence-electron chi connectivity index (χ3n) is 7.44. The van der Waals surface area contributed by atoms with Crippen LogP contribution in [-0.2, 0) is 26.3 Å². The molecule has 188 valence electrons. The molecule has 3 aromatic rings. The lowest BCUT2D eigenvalue weighted by Crippen LogP contribution is -2.52. The Labute approximate surface area is 211 Å². The molecule has 1 aromatic heterocycles. The minimum absolute atomic E-state index is 0.0658. The number of fused-ring (bicyclic) bond motifs is 2. The number of likely N-dealkylation sites (tertiary alicyclic amines) is 1. The molecule has 1 saturated heterocycles. The lowest BCUT2D eigenvalue weighted by Gasteiger charge is -2.44. The average Bonchev–Trinajstić information content (AvgIpc) is 3.42. The zero-order valence-electron chi connectivity index (χ0n) is 20.7. The van der Waals surface area contributed by atoms with Crippen molar-refractivity contribution >= 4 is 11.8 Å². The smallest absolute Gasteiger partial charge is 0.258 e. The fourth-order valence-corrected chi connectivity index (χ4v) is 5.75. The Kier molecular flexibility index (Phi) is 6.78. The summed E-state index contributed by atoms with van der Waals surface area (Å²) in [5, 5.41) is 7.51. The van der Waals surface area contributed by atoms with E-state index in [1.54, 1.807) is 11.8 Å². The van der Waals surface area contributed by atoms with E-state index in [0.29, 0.717) is 18.8 Å². The maximum atomic E-state index is 12.9. The Morgan fingerprint density at radius 3 is 2.47 bits per heavy atom. The molecule has 5 rings (SSSR count). The molecule has 0 unspecified atom stereocenters. The zero-order valence-corrected chi connectivity index (χ0v) is 20.7. The van der Waals surface area contributed by atoms with E-state index in [0.717, 1.165) is 24.1 Å². The largest absolute Gasteiger partial charge is 0.484 e. The van der Waals surface area contributed by atoms with Gasteiger partial charge in [-0.15, -0.1) is 0 Å². The number of hydrogen-bond acceptors (Lipinski definition) is 5. The number of ether oxygens (including phenoxy) is 2. The topological polar surface area (TPSA) is 85.7 Å². The van der Waals surface area contributed by atoms with Crippen molar-refractivity contribution in [3.8, 4) is 5.75 Å². The second-order valence-corrected chi connectivity index (χ2v) is 9.58. The highest BCUT2D eigenvalue weighted by atomic mass is 16.5. The monoisotopic (exact) mass is 488 g/mol. The molecule has 0 saturated carbocycles. The minimum atomic E-state index is -0.285. The molecule has 0 bridgehead atoms. The number of methoxy groups -OCH3 is 1. The maximum absolute atomic E-state index is 12.9. The third-order valence-corrected chi connectivity index (χ3v) is 7.44. The SMILES string of the molecule is CO[C@H]1[C@H](NC(=O)COc2ccccc2)c2ccccc2C12CCN(C(=O)Cn1ccc(C)n1)CC2. The van der Waals surface area contributed by atoms with Gasteiger partial charge in [0.1, 0.15) is 12.3 Å². The Morgan fingerprint density at radius 2 is 1.78 bits per heavy atom. The molecule has 36 heavy (non-hydrogen) atoms. The molecule has 2 atom stereocenters. The predicted octanol–water partition coefficient (Wildman–Crippen LogP) is 3.02. The molecule has 2 aromatic carbocycles. The van der Waals surface area contributed by atoms with Crippen molar-refractivity contribution in [2.24, 2.45) is 0 Å². The van der Waals surface area contributed by atoms with Crippen molar-refractivity contribution in [3.05, 3.63) is 83.7 Å². The molecule has 2 heterocycles. The van der Waals surface area contributed by atoms with E-state index in [1.807, 2.05) is 66.6 Å². The number of carbonyl (C=O) groups is 2. The Bertz CT molecular complexity index is 1220. The number of amides is 2. The van der Waals surface area contributed by atoms with Crippen LogP contribution < -0.4 is 10.1 Å². The number of nitrogens with zero attached hydrogens (tertiary/aromatic N) is 3. The van der Waals surface area contributed by atoms with Gasteiger partial charge >= 0.3 is 0 Å². The van der Waals surface area contributed by atoms with Gasteiger partial charge < -0.3 is 19.7 Å². The van der Waals surface area contributed by atoms with E-state index in [4.69, 9.17) is 9.47 Å². The van der Waals surface area contributed by atoms with E-state index in [1.165, 1.54) is 5.56 Å². The van der Waals surface area contributed by atoms with Crippen LogP contribution in [0, 0.1) is 6.92 Å². The number of rotatable bonds is 7. The van der Waals surface area contributed by atoms with Crippen LogP contribution in [0.15, 0.2) is 66.9 Å². The van der Waals surface area contributed by atoms with Crippen LogP contribution in [0.3, 0.4) is 0 Å². The zero-order chi connectivity index (χ0) is 25.1. The molecule has 2 amide bonds. The first-order valence-corrected chi connectivity index (χ1v) is 12.4. The summed E-state index contributed by atoms with van der Waals surface area (Å²) in [5.41, 5.74) is 2.89. The molecule has 1 fully saturated rings. The van der Waals surface area contributed by atoms with Crippen LogP contribution >= 0.6 is 0 Å². The standard InChI is InChI=1S/C28H32N4O4/c1-20-12-15-32(30-20)18-25(34)31-16-13-28(14-17-31)23-11-7-6-10-22(23)26(27(28)35-2)29-24(33)19-36-21-8-4-3-5-9-21/h3-12,15,26-27H,13-14,16-19H2,1-2H3,(H,29,33)/t26-,27+/m1/s1. The number of nitrogens with one attached hydrogen (secondary N) is 1. The Balaban J connectivity index is 1.29. The number of benzene rings is 2. The van der Waals surface area contributed by atoms with Crippen LogP contribution in [0.25, 0.3) is 0 Å². The highest BCUT2D eigenvalue weighted by Crippen LogP contribution is 2.52. The molecule has 8 nitrogen and oxygen atoms in total. The maximum Gasteiger partial charge on any atom is 0.258 e. The Hall–Kier alpha value is -3.65. The van der Waals surface area contributed by atoms with Crippen LogP contribution in [0.2, 0.25) is 0 Å². The minimum Gasteiger partial charge on any atom is -0.484 e. The van der Waals surface area contributed by atoms with Gasteiger partial charge in [0.25, 0.3) is 5.91 Å². The summed E-state index contributed by atoms with van der Waals surface area (Å²) in [6.07, 6.45) is 3.13. The summed E-state index contributed by atoms with van der Waals surface area (Å²) in [6.45, 7) is 3.35. The molecule has 1 aliphatic heterocycles. The first-order valence-electron chi connectivity index (χ1n) is 12.4. The summed E-state index contributed by atoms with van der Waals surface area (Å²) >= 11 is 0. The number of piperidine rings is 1. The molecular weight excluding hydrogens is 456 g/mol. The highest BCUT2D eigenvalue weighted by Gasteiger charge is 2.54. The van der Waals surface area contributed by atoms with Crippen molar-refractivity contribution in [2.75, 3.05) is 26.8 Å². The fraction of sp³-hybridized carbons (Fsp3) is 0.393. The van der Waals surface area contributed by atoms with Crippen LogP contribution in [0.1, 0.15) is 35.7 Å². The predicted molar refractivity (Wildman–Crippen MR) is 135 cm³/mol. The first kappa shape index (κ1) is 24.1. The number of para-hydroxylation sites is 1. The molecule has 1 aliphatic carbocycles. The second-order valence-electron chi connectivity index (χ2n) is 9.58. The third kappa shape index (κ3) is 4.60. The molecule has 2 aliphatic rings. The molecule has 0 radical (unpaired) electrons. The molecular formula is C28H32N4O4. The number of carbonyl (C=O) groups excluding carboxylic acids is 2. The van der Waals surface area contributed by atoms with E-state index in [2.05, 4.69) is 22.5 Å². The van der Waals surface area contributed by atoms with Gasteiger partial charge in [-0.1, -0.05) is 42.5 Å². The van der Waals surface area contributed by atoms with Gasteiger partial charge in [-0.3, -0.25) is 14.3 Å². The molecule has 1 spiro atoms. The summed E-state index contributed by atoms with van der Waals surface area (Å²) < 4.78 is 13.4. The molecule has 1 N–H and O–H groups in total. The number of aromatic nitrogens is 2. The van der Waals surface area contributed by atoms with Crippen molar-refractivity contribution in [1.29, 1.82) is 0 Å². The summed E-state index contributed by atoms with van der Waals surface area (Å²) in [4.78, 5) is 27.7. The van der Waals surface area contributed by atoms with Crippen LogP contribution in [-0.4, -0.2) is 59.4 Å². The van der Waals surface area contributed by atoms with E-state index < -0.39 is 0 Å².